The maximum atomic E-state index is 11.4. The minimum absolute atomic E-state index is 0. The van der Waals surface area contributed by atoms with Crippen LogP contribution in [0, 0.1) is 0 Å². The molecule has 0 aromatic heterocycles. The van der Waals surface area contributed by atoms with E-state index >= 15 is 0 Å². The summed E-state index contributed by atoms with van der Waals surface area (Å²) in [5.74, 6) is -0.208. The van der Waals surface area contributed by atoms with E-state index < -0.39 is 6.04 Å². The third kappa shape index (κ3) is 4.08. The van der Waals surface area contributed by atoms with E-state index in [4.69, 9.17) is 17.3 Å². The number of amides is 1. The van der Waals surface area contributed by atoms with Crippen molar-refractivity contribution in [3.63, 3.8) is 0 Å². The minimum Gasteiger partial charge on any atom is -0.323 e. The van der Waals surface area contributed by atoms with Crippen molar-refractivity contribution in [3.8, 4) is 0 Å². The molecule has 0 saturated carbocycles. The molecule has 5 heteroatoms. The lowest BCUT2D eigenvalue weighted by atomic mass is 10.2. The first-order valence-electron chi connectivity index (χ1n) is 4.46. The molecule has 0 bridgehead atoms. The van der Waals surface area contributed by atoms with Gasteiger partial charge >= 0.3 is 0 Å². The highest BCUT2D eigenvalue weighted by Crippen LogP contribution is 2.20. The van der Waals surface area contributed by atoms with Gasteiger partial charge in [0.15, 0.2) is 0 Å². The van der Waals surface area contributed by atoms with E-state index in [1.54, 1.807) is 24.3 Å². The summed E-state index contributed by atoms with van der Waals surface area (Å²) >= 11 is 5.86. The zero-order valence-electron chi connectivity index (χ0n) is 8.37. The third-order valence-corrected chi connectivity index (χ3v) is 2.24. The van der Waals surface area contributed by atoms with Crippen LogP contribution in [0.5, 0.6) is 0 Å². The smallest absolute Gasteiger partial charge is 0.241 e. The molecule has 0 heterocycles. The third-order valence-electron chi connectivity index (χ3n) is 1.91. The normalized spacial score (nSPS) is 11.4. The molecule has 0 fully saturated rings. The molecular formula is C10H14Cl2N2O. The topological polar surface area (TPSA) is 55.1 Å². The molecule has 3 nitrogen and oxygen atoms in total. The molecule has 15 heavy (non-hydrogen) atoms. The number of anilines is 1. The molecule has 0 spiro atoms. The number of nitrogens with two attached hydrogens (primary N) is 1. The Morgan fingerprint density at radius 1 is 1.53 bits per heavy atom. The van der Waals surface area contributed by atoms with Crippen molar-refractivity contribution < 1.29 is 4.79 Å². The van der Waals surface area contributed by atoms with Crippen molar-refractivity contribution in [2.45, 2.75) is 19.4 Å². The van der Waals surface area contributed by atoms with Gasteiger partial charge in [-0.25, -0.2) is 0 Å². The van der Waals surface area contributed by atoms with Crippen LogP contribution in [0.3, 0.4) is 0 Å². The van der Waals surface area contributed by atoms with Crippen molar-refractivity contribution >= 4 is 35.6 Å². The monoisotopic (exact) mass is 248 g/mol. The minimum atomic E-state index is -0.480. The Hall–Kier alpha value is -0.770. The SMILES string of the molecule is CC[C@H](N)C(=O)Nc1ccccc1Cl.Cl. The van der Waals surface area contributed by atoms with Crippen LogP contribution in [0.2, 0.25) is 5.02 Å². The molecule has 3 N–H and O–H groups in total. The summed E-state index contributed by atoms with van der Waals surface area (Å²) in [5, 5.41) is 3.18. The van der Waals surface area contributed by atoms with Crippen molar-refractivity contribution in [2.75, 3.05) is 5.32 Å². The summed E-state index contributed by atoms with van der Waals surface area (Å²) in [6.07, 6.45) is 0.607. The second-order valence-electron chi connectivity index (χ2n) is 2.98. The number of hydrogen-bond donors (Lipinski definition) is 2. The van der Waals surface area contributed by atoms with Crippen molar-refractivity contribution in [1.82, 2.24) is 0 Å². The molecule has 1 aromatic rings. The van der Waals surface area contributed by atoms with Gasteiger partial charge in [0, 0.05) is 0 Å². The quantitative estimate of drug-likeness (QED) is 0.864. The zero-order chi connectivity index (χ0) is 10.6. The molecule has 1 rings (SSSR count). The summed E-state index contributed by atoms with van der Waals surface area (Å²) in [6.45, 7) is 1.86. The highest BCUT2D eigenvalue weighted by molar-refractivity contribution is 6.33. The fourth-order valence-electron chi connectivity index (χ4n) is 0.973. The Labute approximate surface area is 100 Å². The van der Waals surface area contributed by atoms with Gasteiger partial charge in [-0.3, -0.25) is 4.79 Å². The van der Waals surface area contributed by atoms with Gasteiger partial charge in [-0.1, -0.05) is 30.7 Å². The summed E-state index contributed by atoms with van der Waals surface area (Å²) in [6, 6.07) is 6.58. The van der Waals surface area contributed by atoms with E-state index in [1.165, 1.54) is 0 Å². The van der Waals surface area contributed by atoms with Gasteiger partial charge in [0.1, 0.15) is 0 Å². The van der Waals surface area contributed by atoms with E-state index in [1.807, 2.05) is 6.92 Å². The molecule has 1 aromatic carbocycles. The highest BCUT2D eigenvalue weighted by Gasteiger charge is 2.11. The molecule has 0 aliphatic rings. The van der Waals surface area contributed by atoms with Crippen LogP contribution in [0.25, 0.3) is 0 Å². The number of hydrogen-bond acceptors (Lipinski definition) is 2. The standard InChI is InChI=1S/C10H13ClN2O.ClH/c1-2-8(12)10(14)13-9-6-4-3-5-7(9)11;/h3-6,8H,2,12H2,1H3,(H,13,14);1H/t8-;/m0./s1. The van der Waals surface area contributed by atoms with Crippen LogP contribution >= 0.6 is 24.0 Å². The van der Waals surface area contributed by atoms with Crippen LogP contribution in [0.15, 0.2) is 24.3 Å². The van der Waals surface area contributed by atoms with E-state index in [0.717, 1.165) is 0 Å². The predicted molar refractivity (Wildman–Crippen MR) is 65.6 cm³/mol. The number of nitrogens with one attached hydrogen (secondary N) is 1. The van der Waals surface area contributed by atoms with Crippen molar-refractivity contribution in [2.24, 2.45) is 5.73 Å². The molecule has 0 aliphatic carbocycles. The van der Waals surface area contributed by atoms with E-state index in [-0.39, 0.29) is 18.3 Å². The Morgan fingerprint density at radius 2 is 2.13 bits per heavy atom. The number of rotatable bonds is 3. The van der Waals surface area contributed by atoms with Crippen LogP contribution in [0.1, 0.15) is 13.3 Å². The van der Waals surface area contributed by atoms with Gasteiger partial charge in [-0.05, 0) is 18.6 Å². The summed E-state index contributed by atoms with van der Waals surface area (Å²) in [4.78, 5) is 11.4. The molecule has 1 atom stereocenters. The van der Waals surface area contributed by atoms with Crippen LogP contribution in [-0.4, -0.2) is 11.9 Å². The Morgan fingerprint density at radius 3 is 2.67 bits per heavy atom. The van der Waals surface area contributed by atoms with Gasteiger partial charge in [0.05, 0.1) is 16.8 Å². The maximum Gasteiger partial charge on any atom is 0.241 e. The average molecular weight is 249 g/mol. The fraction of sp³-hybridized carbons (Fsp3) is 0.300. The largest absolute Gasteiger partial charge is 0.323 e. The summed E-state index contributed by atoms with van der Waals surface area (Å²) in [7, 11) is 0. The molecule has 0 saturated heterocycles. The highest BCUT2D eigenvalue weighted by atomic mass is 35.5. The zero-order valence-corrected chi connectivity index (χ0v) is 9.94. The van der Waals surface area contributed by atoms with E-state index in [9.17, 15) is 4.79 Å². The second kappa shape index (κ2) is 6.67. The van der Waals surface area contributed by atoms with Gasteiger partial charge < -0.3 is 11.1 Å². The average Bonchev–Trinajstić information content (AvgIpc) is 2.20. The molecule has 0 unspecified atom stereocenters. The number of carbonyl (C=O) groups excluding carboxylic acids is 1. The van der Waals surface area contributed by atoms with Gasteiger partial charge in [-0.2, -0.15) is 0 Å². The molecule has 1 amide bonds. The van der Waals surface area contributed by atoms with Crippen molar-refractivity contribution in [3.05, 3.63) is 29.3 Å². The second-order valence-corrected chi connectivity index (χ2v) is 3.39. The first kappa shape index (κ1) is 14.2. The first-order chi connectivity index (χ1) is 6.65. The Bertz CT molecular complexity index is 331. The molecule has 84 valence electrons. The van der Waals surface area contributed by atoms with Gasteiger partial charge in [-0.15, -0.1) is 12.4 Å². The predicted octanol–water partition coefficient (Wildman–Crippen LogP) is 2.44. The lowest BCUT2D eigenvalue weighted by Gasteiger charge is -2.10. The van der Waals surface area contributed by atoms with E-state index in [0.29, 0.717) is 17.1 Å². The Balaban J connectivity index is 0.00000196. The summed E-state index contributed by atoms with van der Waals surface area (Å²) < 4.78 is 0. The lowest BCUT2D eigenvalue weighted by Crippen LogP contribution is -2.34. The summed E-state index contributed by atoms with van der Waals surface area (Å²) in [5.41, 5.74) is 6.16. The number of para-hydroxylation sites is 1. The molecule has 0 radical (unpaired) electrons. The van der Waals surface area contributed by atoms with Crippen LogP contribution < -0.4 is 11.1 Å². The van der Waals surface area contributed by atoms with E-state index in [2.05, 4.69) is 5.32 Å². The maximum absolute atomic E-state index is 11.4. The number of carbonyl (C=O) groups is 1. The van der Waals surface area contributed by atoms with Gasteiger partial charge in [0.2, 0.25) is 5.91 Å². The van der Waals surface area contributed by atoms with Crippen molar-refractivity contribution in [1.29, 1.82) is 0 Å². The van der Waals surface area contributed by atoms with Gasteiger partial charge in [0.25, 0.3) is 0 Å². The Kier molecular flexibility index (Phi) is 6.32. The van der Waals surface area contributed by atoms with Crippen LogP contribution in [0.4, 0.5) is 5.69 Å². The molecule has 0 aliphatic heterocycles. The first-order valence-corrected chi connectivity index (χ1v) is 4.84. The lowest BCUT2D eigenvalue weighted by molar-refractivity contribution is -0.117. The number of benzene rings is 1. The van der Waals surface area contributed by atoms with Crippen LogP contribution in [-0.2, 0) is 4.79 Å². The number of halogens is 2. The molecular weight excluding hydrogens is 235 g/mol. The fourth-order valence-corrected chi connectivity index (χ4v) is 1.16.